The van der Waals surface area contributed by atoms with Gasteiger partial charge in [-0.25, -0.2) is 13.1 Å². The predicted molar refractivity (Wildman–Crippen MR) is 86.0 cm³/mol. The van der Waals surface area contributed by atoms with E-state index < -0.39 is 10.0 Å². The third-order valence-corrected chi connectivity index (χ3v) is 5.15. The van der Waals surface area contributed by atoms with Crippen molar-refractivity contribution in [1.82, 2.24) is 4.72 Å². The molecule has 21 heavy (non-hydrogen) atoms. The highest BCUT2D eigenvalue weighted by atomic mass is 32.2. The van der Waals surface area contributed by atoms with Gasteiger partial charge in [-0.15, -0.1) is 0 Å². The first-order valence-corrected chi connectivity index (χ1v) is 8.50. The average molecular weight is 303 g/mol. The fraction of sp³-hybridized carbons (Fsp3) is 0.294. The third-order valence-electron chi connectivity index (χ3n) is 3.58. The fourth-order valence-electron chi connectivity index (χ4n) is 2.21. The lowest BCUT2D eigenvalue weighted by atomic mass is 10.0. The molecular weight excluding hydrogens is 282 g/mol. The maximum atomic E-state index is 12.4. The van der Waals surface area contributed by atoms with Gasteiger partial charge in [-0.05, 0) is 42.5 Å². The number of nitrogens with one attached hydrogen (secondary N) is 1. The molecule has 2 aromatic carbocycles. The van der Waals surface area contributed by atoms with E-state index in [0.29, 0.717) is 11.4 Å². The zero-order chi connectivity index (χ0) is 15.5. The molecule has 0 fully saturated rings. The Labute approximate surface area is 127 Å². The summed E-state index contributed by atoms with van der Waals surface area (Å²) in [5.74, 6) is 0.131. The van der Waals surface area contributed by atoms with Gasteiger partial charge in [0.1, 0.15) is 0 Å². The lowest BCUT2D eigenvalue weighted by molar-refractivity contribution is 0.574. The van der Waals surface area contributed by atoms with Crippen LogP contribution in [0, 0.1) is 13.8 Å². The Hall–Kier alpha value is -1.65. The van der Waals surface area contributed by atoms with Crippen LogP contribution in [0.15, 0.2) is 53.4 Å². The average Bonchev–Trinajstić information content (AvgIpc) is 2.48. The summed E-state index contributed by atoms with van der Waals surface area (Å²) < 4.78 is 27.6. The molecule has 0 spiro atoms. The quantitative estimate of drug-likeness (QED) is 0.920. The smallest absolute Gasteiger partial charge is 0.211 e. The van der Waals surface area contributed by atoms with E-state index in [-0.39, 0.29) is 5.92 Å². The molecule has 0 aromatic heterocycles. The van der Waals surface area contributed by atoms with Crippen molar-refractivity contribution in [1.29, 1.82) is 0 Å². The Morgan fingerprint density at radius 1 is 1.05 bits per heavy atom. The fourth-order valence-corrected chi connectivity index (χ4v) is 3.67. The predicted octanol–water partition coefficient (Wildman–Crippen LogP) is 3.39. The van der Waals surface area contributed by atoms with Gasteiger partial charge in [0.25, 0.3) is 0 Å². The van der Waals surface area contributed by atoms with E-state index in [9.17, 15) is 8.42 Å². The molecule has 0 aliphatic rings. The Bertz CT molecular complexity index is 709. The summed E-state index contributed by atoms with van der Waals surface area (Å²) in [6.45, 7) is 6.11. The van der Waals surface area contributed by atoms with Crippen molar-refractivity contribution in [3.63, 3.8) is 0 Å². The topological polar surface area (TPSA) is 46.2 Å². The molecule has 4 heteroatoms. The van der Waals surface area contributed by atoms with E-state index in [1.54, 1.807) is 6.07 Å². The molecule has 0 aliphatic heterocycles. The van der Waals surface area contributed by atoms with Crippen molar-refractivity contribution in [3.8, 4) is 0 Å². The van der Waals surface area contributed by atoms with Crippen LogP contribution in [0.2, 0.25) is 0 Å². The van der Waals surface area contributed by atoms with Crippen LogP contribution in [0.25, 0.3) is 0 Å². The van der Waals surface area contributed by atoms with Crippen molar-refractivity contribution in [2.75, 3.05) is 6.54 Å². The molecule has 2 rings (SSSR count). The minimum absolute atomic E-state index is 0.131. The Kier molecular flexibility index (Phi) is 4.80. The van der Waals surface area contributed by atoms with E-state index in [1.165, 1.54) is 0 Å². The van der Waals surface area contributed by atoms with Gasteiger partial charge in [-0.3, -0.25) is 0 Å². The van der Waals surface area contributed by atoms with Gasteiger partial charge in [-0.2, -0.15) is 0 Å². The second-order valence-electron chi connectivity index (χ2n) is 5.43. The van der Waals surface area contributed by atoms with Crippen molar-refractivity contribution in [2.45, 2.75) is 31.6 Å². The minimum atomic E-state index is -3.47. The first-order valence-electron chi connectivity index (χ1n) is 7.02. The van der Waals surface area contributed by atoms with Crippen LogP contribution in [0.4, 0.5) is 0 Å². The summed E-state index contributed by atoms with van der Waals surface area (Å²) in [6, 6.07) is 15.4. The minimum Gasteiger partial charge on any atom is -0.211 e. The molecule has 1 atom stereocenters. The van der Waals surface area contributed by atoms with Gasteiger partial charge in [0, 0.05) is 6.54 Å². The van der Waals surface area contributed by atoms with E-state index in [4.69, 9.17) is 0 Å². The van der Waals surface area contributed by atoms with E-state index in [1.807, 2.05) is 63.2 Å². The Morgan fingerprint density at radius 2 is 1.71 bits per heavy atom. The molecule has 0 heterocycles. The lowest BCUT2D eigenvalue weighted by Gasteiger charge is -2.14. The molecule has 0 bridgehead atoms. The molecule has 1 N–H and O–H groups in total. The number of rotatable bonds is 5. The third kappa shape index (κ3) is 3.93. The number of hydrogen-bond acceptors (Lipinski definition) is 2. The highest BCUT2D eigenvalue weighted by Crippen LogP contribution is 2.18. The normalized spacial score (nSPS) is 13.1. The van der Waals surface area contributed by atoms with E-state index in [0.717, 1.165) is 16.7 Å². The maximum Gasteiger partial charge on any atom is 0.240 e. The summed E-state index contributed by atoms with van der Waals surface area (Å²) in [6.07, 6.45) is 0. The van der Waals surface area contributed by atoms with Gasteiger partial charge < -0.3 is 0 Å². The molecule has 1 unspecified atom stereocenters. The summed E-state index contributed by atoms with van der Waals surface area (Å²) >= 11 is 0. The van der Waals surface area contributed by atoms with Crippen LogP contribution in [0.5, 0.6) is 0 Å². The zero-order valence-electron chi connectivity index (χ0n) is 12.6. The largest absolute Gasteiger partial charge is 0.240 e. The molecule has 3 nitrogen and oxygen atoms in total. The molecule has 0 saturated heterocycles. The van der Waals surface area contributed by atoms with Gasteiger partial charge in [-0.1, -0.05) is 49.4 Å². The molecule has 0 amide bonds. The summed E-state index contributed by atoms with van der Waals surface area (Å²) in [4.78, 5) is 0.364. The van der Waals surface area contributed by atoms with Crippen LogP contribution >= 0.6 is 0 Å². The van der Waals surface area contributed by atoms with Gasteiger partial charge in [0.2, 0.25) is 10.0 Å². The van der Waals surface area contributed by atoms with Crippen molar-refractivity contribution >= 4 is 10.0 Å². The van der Waals surface area contributed by atoms with Gasteiger partial charge in [0.05, 0.1) is 4.90 Å². The summed E-state index contributed by atoms with van der Waals surface area (Å²) in [5, 5.41) is 0. The number of aryl methyl sites for hydroxylation is 2. The number of benzene rings is 2. The van der Waals surface area contributed by atoms with E-state index >= 15 is 0 Å². The molecular formula is C17H21NO2S. The standard InChI is InChI=1S/C17H21NO2S/c1-13-9-10-14(2)17(11-13)21(19,20)18-12-15(3)16-7-5-4-6-8-16/h4-11,15,18H,12H2,1-3H3. The highest BCUT2D eigenvalue weighted by Gasteiger charge is 2.18. The SMILES string of the molecule is Cc1ccc(C)c(S(=O)(=O)NCC(C)c2ccccc2)c1. The van der Waals surface area contributed by atoms with E-state index in [2.05, 4.69) is 4.72 Å². The summed E-state index contributed by atoms with van der Waals surface area (Å²) in [5.41, 5.74) is 2.83. The second kappa shape index (κ2) is 6.41. The maximum absolute atomic E-state index is 12.4. The Morgan fingerprint density at radius 3 is 2.38 bits per heavy atom. The molecule has 2 aromatic rings. The van der Waals surface area contributed by atoms with Crippen LogP contribution in [0.3, 0.4) is 0 Å². The van der Waals surface area contributed by atoms with Crippen LogP contribution in [-0.2, 0) is 10.0 Å². The highest BCUT2D eigenvalue weighted by molar-refractivity contribution is 7.89. The van der Waals surface area contributed by atoms with Crippen molar-refractivity contribution in [3.05, 3.63) is 65.2 Å². The molecule has 0 radical (unpaired) electrons. The lowest BCUT2D eigenvalue weighted by Crippen LogP contribution is -2.28. The van der Waals surface area contributed by atoms with Crippen LogP contribution < -0.4 is 4.72 Å². The monoisotopic (exact) mass is 303 g/mol. The number of hydrogen-bond donors (Lipinski definition) is 1. The zero-order valence-corrected chi connectivity index (χ0v) is 13.4. The second-order valence-corrected chi connectivity index (χ2v) is 7.17. The van der Waals surface area contributed by atoms with Gasteiger partial charge >= 0.3 is 0 Å². The van der Waals surface area contributed by atoms with Gasteiger partial charge in [0.15, 0.2) is 0 Å². The van der Waals surface area contributed by atoms with Crippen LogP contribution in [0.1, 0.15) is 29.5 Å². The first kappa shape index (κ1) is 15.7. The molecule has 0 aliphatic carbocycles. The molecule has 0 saturated carbocycles. The van der Waals surface area contributed by atoms with Crippen molar-refractivity contribution < 1.29 is 8.42 Å². The summed E-state index contributed by atoms with van der Waals surface area (Å²) in [7, 11) is -3.47. The Balaban J connectivity index is 2.13. The molecule has 112 valence electrons. The van der Waals surface area contributed by atoms with Crippen LogP contribution in [-0.4, -0.2) is 15.0 Å². The first-order chi connectivity index (χ1) is 9.90. The van der Waals surface area contributed by atoms with Crippen molar-refractivity contribution in [2.24, 2.45) is 0 Å². The number of sulfonamides is 1.